The molecule has 0 aliphatic carbocycles. The summed E-state index contributed by atoms with van der Waals surface area (Å²) in [5.74, 6) is 0. The maximum atomic E-state index is 11.9. The number of ether oxygens (including phenoxy) is 2. The number of rotatable bonds is 4. The van der Waals surface area contributed by atoms with Crippen molar-refractivity contribution >= 4 is 43.4 Å². The fourth-order valence-electron chi connectivity index (χ4n) is 3.02. The monoisotopic (exact) mass is 372 g/mol. The van der Waals surface area contributed by atoms with Gasteiger partial charge in [0.15, 0.2) is 0 Å². The van der Waals surface area contributed by atoms with E-state index in [9.17, 15) is 4.79 Å². The number of fused-ring (bicyclic) bond motifs is 1. The Kier molecular flexibility index (Phi) is 5.10. The van der Waals surface area contributed by atoms with Crippen LogP contribution >= 0.6 is 34.0 Å². The van der Waals surface area contributed by atoms with Gasteiger partial charge in [0.1, 0.15) is 0 Å². The molecule has 5 nitrogen and oxygen atoms in total. The van der Waals surface area contributed by atoms with E-state index in [0.29, 0.717) is 0 Å². The topological polar surface area (TPSA) is 42.0 Å². The first kappa shape index (κ1) is 16.1. The molecule has 0 aromatic carbocycles. The summed E-state index contributed by atoms with van der Waals surface area (Å²) < 4.78 is 13.5. The molecule has 0 N–H and O–H groups in total. The summed E-state index contributed by atoms with van der Waals surface area (Å²) in [6, 6.07) is 0. The Morgan fingerprint density at radius 1 is 0.739 bits per heavy atom. The molecule has 0 radical (unpaired) electrons. The average molecular weight is 373 g/mol. The molecule has 4 rings (SSSR count). The standard InChI is InChI=1S/C15H20N2O3S3/c18-15-22-13-11(9-16-1-5-19-6-2-16)21-12(14(13)23-15)10-17-3-7-20-8-4-17/h1-10H2. The molecule has 2 saturated heterocycles. The van der Waals surface area contributed by atoms with Crippen LogP contribution in [0.25, 0.3) is 9.40 Å². The molecule has 8 heteroatoms. The number of thiophene rings is 1. The van der Waals surface area contributed by atoms with E-state index < -0.39 is 0 Å². The fraction of sp³-hybridized carbons (Fsp3) is 0.667. The van der Waals surface area contributed by atoms with Gasteiger partial charge in [0.25, 0.3) is 4.06 Å². The van der Waals surface area contributed by atoms with Gasteiger partial charge in [-0.1, -0.05) is 22.7 Å². The van der Waals surface area contributed by atoms with E-state index in [2.05, 4.69) is 9.80 Å². The lowest BCUT2D eigenvalue weighted by molar-refractivity contribution is 0.0346. The van der Waals surface area contributed by atoms with E-state index in [0.717, 1.165) is 65.7 Å². The molecule has 0 saturated carbocycles. The molecular weight excluding hydrogens is 352 g/mol. The molecule has 2 aliphatic heterocycles. The van der Waals surface area contributed by atoms with Crippen LogP contribution in [-0.2, 0) is 22.6 Å². The highest BCUT2D eigenvalue weighted by Crippen LogP contribution is 2.37. The summed E-state index contributed by atoms with van der Waals surface area (Å²) >= 11 is 4.74. The maximum absolute atomic E-state index is 11.9. The third-order valence-electron chi connectivity index (χ3n) is 4.27. The van der Waals surface area contributed by atoms with Crippen molar-refractivity contribution in [2.75, 3.05) is 52.6 Å². The van der Waals surface area contributed by atoms with Crippen molar-refractivity contribution in [2.45, 2.75) is 13.1 Å². The third kappa shape index (κ3) is 3.68. The van der Waals surface area contributed by atoms with Crippen molar-refractivity contribution in [3.8, 4) is 0 Å². The van der Waals surface area contributed by atoms with Crippen LogP contribution in [0.5, 0.6) is 0 Å². The van der Waals surface area contributed by atoms with Crippen molar-refractivity contribution in [1.29, 1.82) is 0 Å². The van der Waals surface area contributed by atoms with Gasteiger partial charge in [-0.15, -0.1) is 11.3 Å². The quantitative estimate of drug-likeness (QED) is 0.822. The SMILES string of the molecule is O=c1sc2c(CN3CCOCC3)sc(CN3CCOCC3)c2s1. The van der Waals surface area contributed by atoms with Gasteiger partial charge in [0, 0.05) is 49.0 Å². The summed E-state index contributed by atoms with van der Waals surface area (Å²) in [4.78, 5) is 19.5. The number of nitrogens with zero attached hydrogens (tertiary/aromatic N) is 2. The molecule has 126 valence electrons. The van der Waals surface area contributed by atoms with Crippen LogP contribution in [0.3, 0.4) is 0 Å². The highest BCUT2D eigenvalue weighted by Gasteiger charge is 2.21. The van der Waals surface area contributed by atoms with E-state index in [-0.39, 0.29) is 4.06 Å². The fourth-order valence-corrected chi connectivity index (χ4v) is 6.87. The molecule has 23 heavy (non-hydrogen) atoms. The minimum Gasteiger partial charge on any atom is -0.379 e. The number of hydrogen-bond donors (Lipinski definition) is 0. The molecule has 0 bridgehead atoms. The van der Waals surface area contributed by atoms with Gasteiger partial charge in [-0.25, -0.2) is 0 Å². The molecule has 0 spiro atoms. The van der Waals surface area contributed by atoms with Crippen LogP contribution in [0.15, 0.2) is 4.79 Å². The Morgan fingerprint density at radius 2 is 1.17 bits per heavy atom. The summed E-state index contributed by atoms with van der Waals surface area (Å²) in [6.07, 6.45) is 0. The second-order valence-corrected chi connectivity index (χ2v) is 9.25. The Bertz CT molecular complexity index is 656. The highest BCUT2D eigenvalue weighted by atomic mass is 32.2. The van der Waals surface area contributed by atoms with Gasteiger partial charge in [0.05, 0.1) is 35.8 Å². The van der Waals surface area contributed by atoms with Gasteiger partial charge < -0.3 is 9.47 Å². The molecule has 0 atom stereocenters. The van der Waals surface area contributed by atoms with E-state index in [1.165, 1.54) is 41.8 Å². The Balaban J connectivity index is 1.58. The van der Waals surface area contributed by atoms with Crippen LogP contribution in [0.4, 0.5) is 0 Å². The number of hydrogen-bond acceptors (Lipinski definition) is 8. The summed E-state index contributed by atoms with van der Waals surface area (Å²) in [5.41, 5.74) is 0. The van der Waals surface area contributed by atoms with Crippen LogP contribution < -0.4 is 4.06 Å². The first-order chi connectivity index (χ1) is 11.3. The zero-order chi connectivity index (χ0) is 15.6. The van der Waals surface area contributed by atoms with E-state index in [4.69, 9.17) is 9.47 Å². The van der Waals surface area contributed by atoms with Crippen molar-refractivity contribution in [1.82, 2.24) is 9.80 Å². The summed E-state index contributed by atoms with van der Waals surface area (Å²) in [6.45, 7) is 9.08. The molecule has 0 unspecified atom stereocenters. The predicted molar refractivity (Wildman–Crippen MR) is 96.0 cm³/mol. The van der Waals surface area contributed by atoms with Crippen molar-refractivity contribution in [2.24, 2.45) is 0 Å². The van der Waals surface area contributed by atoms with Crippen molar-refractivity contribution in [3.05, 3.63) is 18.6 Å². The lowest BCUT2D eigenvalue weighted by atomic mass is 10.3. The highest BCUT2D eigenvalue weighted by molar-refractivity contribution is 7.38. The van der Waals surface area contributed by atoms with Gasteiger partial charge in [-0.3, -0.25) is 14.6 Å². The minimum absolute atomic E-state index is 0.217. The third-order valence-corrected chi connectivity index (χ3v) is 7.96. The lowest BCUT2D eigenvalue weighted by Gasteiger charge is -2.26. The van der Waals surface area contributed by atoms with Crippen LogP contribution in [0.2, 0.25) is 0 Å². The number of morpholine rings is 2. The van der Waals surface area contributed by atoms with Crippen molar-refractivity contribution < 1.29 is 9.47 Å². The Hall–Kier alpha value is -0.350. The smallest absolute Gasteiger partial charge is 0.288 e. The molecule has 2 aromatic rings. The van der Waals surface area contributed by atoms with E-state index in [1.807, 2.05) is 11.3 Å². The molecule has 2 aromatic heterocycles. The molecule has 4 heterocycles. The minimum atomic E-state index is 0.217. The predicted octanol–water partition coefficient (Wildman–Crippen LogP) is 2.05. The zero-order valence-electron chi connectivity index (χ0n) is 12.9. The molecule has 2 aliphatic rings. The first-order valence-corrected chi connectivity index (χ1v) is 10.4. The van der Waals surface area contributed by atoms with E-state index >= 15 is 0 Å². The summed E-state index contributed by atoms with van der Waals surface area (Å²) in [7, 11) is 0. The van der Waals surface area contributed by atoms with Gasteiger partial charge in [-0.05, 0) is 0 Å². The van der Waals surface area contributed by atoms with Gasteiger partial charge >= 0.3 is 0 Å². The molecule has 0 amide bonds. The van der Waals surface area contributed by atoms with Crippen LogP contribution in [0.1, 0.15) is 9.75 Å². The second-order valence-electron chi connectivity index (χ2n) is 5.84. The van der Waals surface area contributed by atoms with Gasteiger partial charge in [0.2, 0.25) is 0 Å². The van der Waals surface area contributed by atoms with Crippen molar-refractivity contribution in [3.63, 3.8) is 0 Å². The average Bonchev–Trinajstić information content (AvgIpc) is 3.09. The molecular formula is C15H20N2O3S3. The van der Waals surface area contributed by atoms with Crippen LogP contribution in [0, 0.1) is 0 Å². The van der Waals surface area contributed by atoms with E-state index in [1.54, 1.807) is 0 Å². The lowest BCUT2D eigenvalue weighted by Crippen LogP contribution is -2.35. The summed E-state index contributed by atoms with van der Waals surface area (Å²) in [5, 5.41) is 0. The largest absolute Gasteiger partial charge is 0.379 e. The second kappa shape index (κ2) is 7.26. The van der Waals surface area contributed by atoms with Gasteiger partial charge in [-0.2, -0.15) is 0 Å². The normalized spacial score (nSPS) is 21.2. The Labute approximate surface area is 147 Å². The molecule has 2 fully saturated rings. The van der Waals surface area contributed by atoms with Crippen LogP contribution in [-0.4, -0.2) is 62.4 Å². The zero-order valence-corrected chi connectivity index (χ0v) is 15.4. The Morgan fingerprint density at radius 3 is 1.61 bits per heavy atom. The first-order valence-electron chi connectivity index (χ1n) is 7.94. The maximum Gasteiger partial charge on any atom is 0.288 e.